The summed E-state index contributed by atoms with van der Waals surface area (Å²) in [4.78, 5) is 44.1. The second-order valence-corrected chi connectivity index (χ2v) is 9.33. The number of carbonyl (C=O) groups is 3. The van der Waals surface area contributed by atoms with Crippen molar-refractivity contribution >= 4 is 35.3 Å². The van der Waals surface area contributed by atoms with Gasteiger partial charge < -0.3 is 24.4 Å². The van der Waals surface area contributed by atoms with E-state index < -0.39 is 6.04 Å². The molecule has 162 valence electrons. The van der Waals surface area contributed by atoms with E-state index in [4.69, 9.17) is 4.42 Å². The lowest BCUT2D eigenvalue weighted by Crippen LogP contribution is -2.69. The Morgan fingerprint density at radius 1 is 1.00 bits per heavy atom. The third-order valence-electron chi connectivity index (χ3n) is 6.13. The van der Waals surface area contributed by atoms with E-state index >= 15 is 0 Å². The number of hydrogen-bond acceptors (Lipinski definition) is 5. The zero-order valence-corrected chi connectivity index (χ0v) is 17.8. The number of anilines is 1. The van der Waals surface area contributed by atoms with E-state index in [1.165, 1.54) is 0 Å². The molecule has 3 aliphatic heterocycles. The fourth-order valence-electron chi connectivity index (χ4n) is 4.54. The number of hydrogen-bond donors (Lipinski definition) is 1. The number of furan rings is 1. The fourth-order valence-corrected chi connectivity index (χ4v) is 5.69. The summed E-state index contributed by atoms with van der Waals surface area (Å²) >= 11 is 1.72. The lowest BCUT2D eigenvalue weighted by atomic mass is 10.0. The van der Waals surface area contributed by atoms with E-state index in [0.717, 1.165) is 11.5 Å². The largest absolute Gasteiger partial charge is 0.468 e. The molecule has 1 aromatic carbocycles. The van der Waals surface area contributed by atoms with Gasteiger partial charge in [0, 0.05) is 30.6 Å². The van der Waals surface area contributed by atoms with Crippen molar-refractivity contribution in [1.29, 1.82) is 0 Å². The molecule has 0 spiro atoms. The highest BCUT2D eigenvalue weighted by Gasteiger charge is 2.52. The summed E-state index contributed by atoms with van der Waals surface area (Å²) in [5.74, 6) is 1.57. The molecule has 9 heteroatoms. The molecular weight excluding hydrogens is 416 g/mol. The van der Waals surface area contributed by atoms with Crippen molar-refractivity contribution in [3.8, 4) is 0 Å². The topological polar surface area (TPSA) is 86.1 Å². The first kappa shape index (κ1) is 20.0. The molecule has 4 heterocycles. The number of thioether (sulfide) groups is 1. The summed E-state index contributed by atoms with van der Waals surface area (Å²) in [6.45, 7) is 1.57. The van der Waals surface area contributed by atoms with Gasteiger partial charge in [-0.15, -0.1) is 11.8 Å². The lowest BCUT2D eigenvalue weighted by molar-refractivity contribution is -0.162. The van der Waals surface area contributed by atoms with Gasteiger partial charge in [0.25, 0.3) is 0 Å². The number of nitrogens with one attached hydrogen (secondary N) is 1. The Morgan fingerprint density at radius 2 is 1.81 bits per heavy atom. The molecule has 3 aliphatic rings. The van der Waals surface area contributed by atoms with Crippen LogP contribution in [0.5, 0.6) is 0 Å². The van der Waals surface area contributed by atoms with Gasteiger partial charge in [-0.05, 0) is 30.7 Å². The highest BCUT2D eigenvalue weighted by atomic mass is 32.2. The molecule has 0 saturated carbocycles. The zero-order valence-electron chi connectivity index (χ0n) is 17.0. The maximum absolute atomic E-state index is 13.2. The fraction of sp³-hybridized carbons (Fsp3) is 0.409. The molecule has 4 amide bonds. The quantitative estimate of drug-likeness (QED) is 0.788. The van der Waals surface area contributed by atoms with E-state index in [9.17, 15) is 14.4 Å². The van der Waals surface area contributed by atoms with Crippen LogP contribution in [0.3, 0.4) is 0 Å². The second kappa shape index (κ2) is 8.30. The normalized spacial score (nSPS) is 25.4. The Bertz CT molecular complexity index is 967. The number of rotatable bonds is 4. The molecule has 3 saturated heterocycles. The Balaban J connectivity index is 1.23. The number of urea groups is 1. The summed E-state index contributed by atoms with van der Waals surface area (Å²) in [6, 6.07) is 11.8. The monoisotopic (exact) mass is 440 g/mol. The SMILES string of the molecule is O=C(Nc1ccccc1)N1CCN2C(=O)[C@@H]3C[C@H](SCc4ccco4)CN3C(=O)[C@H]2C1. The number of amides is 4. The molecule has 3 fully saturated rings. The molecule has 8 nitrogen and oxygen atoms in total. The molecule has 0 bridgehead atoms. The van der Waals surface area contributed by atoms with Crippen molar-refractivity contribution in [2.45, 2.75) is 29.5 Å². The number of fused-ring (bicyclic) bond motifs is 2. The maximum atomic E-state index is 13.2. The van der Waals surface area contributed by atoms with Crippen molar-refractivity contribution in [3.63, 3.8) is 0 Å². The second-order valence-electron chi connectivity index (χ2n) is 8.04. The van der Waals surface area contributed by atoms with Crippen LogP contribution in [0.4, 0.5) is 10.5 Å². The van der Waals surface area contributed by atoms with Gasteiger partial charge in [-0.3, -0.25) is 9.59 Å². The minimum absolute atomic E-state index is 0.00816. The average molecular weight is 441 g/mol. The zero-order chi connectivity index (χ0) is 21.4. The lowest BCUT2D eigenvalue weighted by Gasteiger charge is -2.47. The molecular formula is C22H24N4O4S. The number of para-hydroxylation sites is 1. The summed E-state index contributed by atoms with van der Waals surface area (Å²) in [6.07, 6.45) is 2.32. The molecule has 0 radical (unpaired) electrons. The van der Waals surface area contributed by atoms with E-state index in [1.807, 2.05) is 42.5 Å². The highest BCUT2D eigenvalue weighted by molar-refractivity contribution is 7.99. The molecule has 0 aliphatic carbocycles. The van der Waals surface area contributed by atoms with Crippen LogP contribution in [-0.4, -0.2) is 76.1 Å². The maximum Gasteiger partial charge on any atom is 0.321 e. The van der Waals surface area contributed by atoms with Crippen molar-refractivity contribution in [2.75, 3.05) is 31.5 Å². The van der Waals surface area contributed by atoms with Crippen LogP contribution >= 0.6 is 11.8 Å². The van der Waals surface area contributed by atoms with E-state index in [2.05, 4.69) is 5.32 Å². The average Bonchev–Trinajstić information content (AvgIpc) is 3.46. The van der Waals surface area contributed by atoms with Gasteiger partial charge in [0.05, 0.1) is 18.6 Å². The molecule has 1 aromatic heterocycles. The van der Waals surface area contributed by atoms with Gasteiger partial charge in [0.15, 0.2) is 0 Å². The number of nitrogens with zero attached hydrogens (tertiary/aromatic N) is 3. The van der Waals surface area contributed by atoms with Crippen LogP contribution in [0.2, 0.25) is 0 Å². The standard InChI is InChI=1S/C22H24N4O4S/c27-20-18-11-17(31-14-16-7-4-10-30-16)12-26(18)21(28)19-13-24(8-9-25(19)20)22(29)23-15-5-2-1-3-6-15/h1-7,10,17-19H,8-9,11-14H2,(H,23,29)/t17-,18-,19+/m0/s1. The molecule has 1 N–H and O–H groups in total. The van der Waals surface area contributed by atoms with Crippen LogP contribution in [0.25, 0.3) is 0 Å². The Morgan fingerprint density at radius 3 is 2.58 bits per heavy atom. The van der Waals surface area contributed by atoms with Crippen molar-refractivity contribution in [1.82, 2.24) is 14.7 Å². The first-order valence-electron chi connectivity index (χ1n) is 10.5. The first-order valence-corrected chi connectivity index (χ1v) is 11.5. The Hall–Kier alpha value is -2.94. The van der Waals surface area contributed by atoms with Crippen molar-refractivity contribution < 1.29 is 18.8 Å². The summed E-state index contributed by atoms with van der Waals surface area (Å²) < 4.78 is 5.39. The summed E-state index contributed by atoms with van der Waals surface area (Å²) in [5, 5.41) is 3.06. The predicted molar refractivity (Wildman–Crippen MR) is 116 cm³/mol. The van der Waals surface area contributed by atoms with Crippen LogP contribution in [0, 0.1) is 0 Å². The minimum atomic E-state index is -0.604. The summed E-state index contributed by atoms with van der Waals surface area (Å²) in [7, 11) is 0. The third kappa shape index (κ3) is 3.89. The van der Waals surface area contributed by atoms with Crippen LogP contribution in [0.15, 0.2) is 53.1 Å². The Kier molecular flexibility index (Phi) is 5.35. The highest BCUT2D eigenvalue weighted by Crippen LogP contribution is 2.35. The molecule has 2 aromatic rings. The smallest absolute Gasteiger partial charge is 0.321 e. The van der Waals surface area contributed by atoms with Crippen LogP contribution in [-0.2, 0) is 15.3 Å². The van der Waals surface area contributed by atoms with Gasteiger partial charge in [-0.2, -0.15) is 0 Å². The minimum Gasteiger partial charge on any atom is -0.468 e. The van der Waals surface area contributed by atoms with E-state index in [-0.39, 0.29) is 35.7 Å². The number of carbonyl (C=O) groups excluding carboxylic acids is 3. The molecule has 31 heavy (non-hydrogen) atoms. The molecule has 0 unspecified atom stereocenters. The van der Waals surface area contributed by atoms with Crippen molar-refractivity contribution in [3.05, 3.63) is 54.5 Å². The van der Waals surface area contributed by atoms with Crippen molar-refractivity contribution in [2.24, 2.45) is 0 Å². The summed E-state index contributed by atoms with van der Waals surface area (Å²) in [5.41, 5.74) is 0.706. The first-order chi connectivity index (χ1) is 15.1. The van der Waals surface area contributed by atoms with Crippen LogP contribution < -0.4 is 5.32 Å². The van der Waals surface area contributed by atoms with Gasteiger partial charge in [-0.1, -0.05) is 18.2 Å². The van der Waals surface area contributed by atoms with E-state index in [0.29, 0.717) is 31.7 Å². The molecule has 5 rings (SSSR count). The van der Waals surface area contributed by atoms with E-state index in [1.54, 1.807) is 32.7 Å². The third-order valence-corrected chi connectivity index (χ3v) is 7.40. The van der Waals surface area contributed by atoms with Gasteiger partial charge in [0.1, 0.15) is 17.8 Å². The van der Waals surface area contributed by atoms with Gasteiger partial charge in [-0.25, -0.2) is 4.79 Å². The molecule has 3 atom stereocenters. The predicted octanol–water partition coefficient (Wildman–Crippen LogP) is 2.24. The van der Waals surface area contributed by atoms with Crippen LogP contribution in [0.1, 0.15) is 12.2 Å². The number of piperazine rings is 2. The Labute approximate surface area is 184 Å². The van der Waals surface area contributed by atoms with Gasteiger partial charge in [0.2, 0.25) is 11.8 Å². The van der Waals surface area contributed by atoms with Gasteiger partial charge >= 0.3 is 6.03 Å². The number of benzene rings is 1.